The zero-order valence-electron chi connectivity index (χ0n) is 14.1. The van der Waals surface area contributed by atoms with Crippen molar-refractivity contribution >= 4 is 11.6 Å². The van der Waals surface area contributed by atoms with Crippen LogP contribution < -0.4 is 10.1 Å². The minimum atomic E-state index is -0.605. The minimum absolute atomic E-state index is 0.0157. The Labute approximate surface area is 142 Å². The number of methoxy groups -OCH3 is 1. The second kappa shape index (κ2) is 6.40. The molecule has 0 spiro atoms. The monoisotopic (exact) mass is 322 g/mol. The summed E-state index contributed by atoms with van der Waals surface area (Å²) in [7, 11) is 1.65. The number of ether oxygens (including phenoxy) is 1. The van der Waals surface area contributed by atoms with E-state index < -0.39 is 5.66 Å². The molecule has 0 saturated carbocycles. The number of anilines is 1. The first-order chi connectivity index (χ1) is 11.7. The molecule has 1 aliphatic heterocycles. The fourth-order valence-corrected chi connectivity index (χ4v) is 3.33. The van der Waals surface area contributed by atoms with Crippen molar-refractivity contribution in [2.75, 3.05) is 19.0 Å². The van der Waals surface area contributed by atoms with E-state index in [0.29, 0.717) is 12.1 Å². The van der Waals surface area contributed by atoms with Crippen molar-refractivity contribution < 1.29 is 9.53 Å². The summed E-state index contributed by atoms with van der Waals surface area (Å²) >= 11 is 0. The molecule has 0 aromatic heterocycles. The molecule has 0 aliphatic carbocycles. The number of rotatable bonds is 5. The van der Waals surface area contributed by atoms with Gasteiger partial charge >= 0.3 is 0 Å². The second-order valence-electron chi connectivity index (χ2n) is 5.82. The van der Waals surface area contributed by atoms with E-state index in [1.165, 1.54) is 0 Å². The minimum Gasteiger partial charge on any atom is -0.497 e. The fourth-order valence-electron chi connectivity index (χ4n) is 3.33. The zero-order valence-corrected chi connectivity index (χ0v) is 14.1. The van der Waals surface area contributed by atoms with Crippen LogP contribution in [0.3, 0.4) is 0 Å². The number of hydrogen-bond donors (Lipinski definition) is 1. The summed E-state index contributed by atoms with van der Waals surface area (Å²) in [4.78, 5) is 14.9. The van der Waals surface area contributed by atoms with Crippen molar-refractivity contribution in [2.45, 2.75) is 19.0 Å². The van der Waals surface area contributed by atoms with Crippen molar-refractivity contribution in [2.24, 2.45) is 0 Å². The first-order valence-electron chi connectivity index (χ1n) is 8.11. The smallest absolute Gasteiger partial charge is 0.258 e. The van der Waals surface area contributed by atoms with Gasteiger partial charge in [-0.1, -0.05) is 37.3 Å². The van der Waals surface area contributed by atoms with E-state index in [4.69, 9.17) is 4.74 Å². The molecule has 4 nitrogen and oxygen atoms in total. The number of benzene rings is 2. The third-order valence-electron chi connectivity index (χ3n) is 4.60. The van der Waals surface area contributed by atoms with Crippen LogP contribution in [0.1, 0.15) is 29.3 Å². The van der Waals surface area contributed by atoms with Gasteiger partial charge in [-0.15, -0.1) is 6.58 Å². The molecule has 2 aromatic rings. The second-order valence-corrected chi connectivity index (χ2v) is 5.82. The Kier molecular flexibility index (Phi) is 4.30. The Morgan fingerprint density at radius 3 is 2.54 bits per heavy atom. The largest absolute Gasteiger partial charge is 0.497 e. The van der Waals surface area contributed by atoms with Gasteiger partial charge in [0, 0.05) is 12.2 Å². The summed E-state index contributed by atoms with van der Waals surface area (Å²) < 4.78 is 5.26. The predicted molar refractivity (Wildman–Crippen MR) is 96.3 cm³/mol. The molecule has 1 amide bonds. The Morgan fingerprint density at radius 1 is 1.21 bits per heavy atom. The van der Waals surface area contributed by atoms with Crippen molar-refractivity contribution in [1.82, 2.24) is 4.90 Å². The molecule has 1 unspecified atom stereocenters. The first-order valence-corrected chi connectivity index (χ1v) is 8.11. The lowest BCUT2D eigenvalue weighted by Gasteiger charge is -2.48. The van der Waals surface area contributed by atoms with Crippen LogP contribution in [-0.2, 0) is 5.66 Å². The summed E-state index contributed by atoms with van der Waals surface area (Å²) in [6, 6.07) is 15.5. The molecule has 4 heteroatoms. The number of para-hydroxylation sites is 1. The molecule has 0 radical (unpaired) electrons. The molecule has 1 aliphatic rings. The van der Waals surface area contributed by atoms with Crippen molar-refractivity contribution in [3.63, 3.8) is 0 Å². The van der Waals surface area contributed by atoms with Crippen LogP contribution in [0.15, 0.2) is 61.2 Å². The van der Waals surface area contributed by atoms with E-state index in [-0.39, 0.29) is 5.91 Å². The van der Waals surface area contributed by atoms with Gasteiger partial charge in [-0.25, -0.2) is 0 Å². The topological polar surface area (TPSA) is 41.6 Å². The Morgan fingerprint density at radius 2 is 1.92 bits per heavy atom. The first kappa shape index (κ1) is 16.1. The number of amides is 1. The molecule has 1 heterocycles. The summed E-state index contributed by atoms with van der Waals surface area (Å²) in [6.07, 6.45) is 2.49. The maximum absolute atomic E-state index is 13.1. The van der Waals surface area contributed by atoms with Crippen LogP contribution >= 0.6 is 0 Å². The molecular formula is C20H22N2O2. The highest BCUT2D eigenvalue weighted by Gasteiger charge is 2.44. The van der Waals surface area contributed by atoms with Crippen LogP contribution in [0.5, 0.6) is 5.75 Å². The third-order valence-corrected chi connectivity index (χ3v) is 4.60. The maximum atomic E-state index is 13.1. The normalized spacial score (nSPS) is 19.4. The third kappa shape index (κ3) is 2.44. The highest BCUT2D eigenvalue weighted by atomic mass is 16.5. The van der Waals surface area contributed by atoms with Crippen LogP contribution in [0.25, 0.3) is 0 Å². The van der Waals surface area contributed by atoms with Crippen LogP contribution in [0, 0.1) is 0 Å². The molecule has 0 bridgehead atoms. The number of hydrogen-bond acceptors (Lipinski definition) is 3. The van der Waals surface area contributed by atoms with Gasteiger partial charge in [0.05, 0.1) is 12.7 Å². The summed E-state index contributed by atoms with van der Waals surface area (Å²) in [5, 5.41) is 3.60. The lowest BCUT2D eigenvalue weighted by atomic mass is 9.89. The quantitative estimate of drug-likeness (QED) is 0.846. The number of nitrogens with one attached hydrogen (secondary N) is 1. The van der Waals surface area contributed by atoms with Gasteiger partial charge in [-0.2, -0.15) is 0 Å². The van der Waals surface area contributed by atoms with E-state index in [1.807, 2.05) is 53.4 Å². The van der Waals surface area contributed by atoms with Gasteiger partial charge in [0.25, 0.3) is 5.91 Å². The molecule has 0 saturated heterocycles. The van der Waals surface area contributed by atoms with Gasteiger partial charge in [0.1, 0.15) is 11.4 Å². The molecule has 1 atom stereocenters. The van der Waals surface area contributed by atoms with Crippen LogP contribution in [-0.4, -0.2) is 24.5 Å². The van der Waals surface area contributed by atoms with E-state index in [1.54, 1.807) is 13.2 Å². The zero-order chi connectivity index (χ0) is 17.2. The van der Waals surface area contributed by atoms with Gasteiger partial charge in [-0.05, 0) is 36.2 Å². The molecular weight excluding hydrogens is 300 g/mol. The molecule has 24 heavy (non-hydrogen) atoms. The fraction of sp³-hybridized carbons (Fsp3) is 0.250. The number of fused-ring (bicyclic) bond motifs is 1. The van der Waals surface area contributed by atoms with Crippen molar-refractivity contribution in [1.29, 1.82) is 0 Å². The van der Waals surface area contributed by atoms with Crippen LogP contribution in [0.4, 0.5) is 5.69 Å². The van der Waals surface area contributed by atoms with Crippen LogP contribution in [0.2, 0.25) is 0 Å². The van der Waals surface area contributed by atoms with Gasteiger partial charge in [0.2, 0.25) is 0 Å². The average molecular weight is 322 g/mol. The molecule has 3 rings (SSSR count). The highest BCUT2D eigenvalue weighted by molar-refractivity contribution is 6.02. The van der Waals surface area contributed by atoms with Gasteiger partial charge in [0.15, 0.2) is 0 Å². The van der Waals surface area contributed by atoms with E-state index in [2.05, 4.69) is 18.8 Å². The Balaban J connectivity index is 2.15. The summed E-state index contributed by atoms with van der Waals surface area (Å²) in [5.74, 6) is 0.810. The lowest BCUT2D eigenvalue weighted by Crippen LogP contribution is -2.57. The molecule has 2 aromatic carbocycles. The SMILES string of the molecule is C=CCN1C(=O)c2ccccc2NC1(CC)c1ccc(OC)cc1. The van der Waals surface area contributed by atoms with Gasteiger partial charge < -0.3 is 15.0 Å². The maximum Gasteiger partial charge on any atom is 0.258 e. The summed E-state index contributed by atoms with van der Waals surface area (Å²) in [6.45, 7) is 6.37. The average Bonchev–Trinajstić information content (AvgIpc) is 2.64. The van der Waals surface area contributed by atoms with E-state index in [0.717, 1.165) is 23.4 Å². The number of nitrogens with zero attached hydrogens (tertiary/aromatic N) is 1. The molecule has 124 valence electrons. The number of carbonyl (C=O) groups excluding carboxylic acids is 1. The van der Waals surface area contributed by atoms with Crippen molar-refractivity contribution in [3.05, 3.63) is 72.3 Å². The van der Waals surface area contributed by atoms with Gasteiger partial charge in [-0.3, -0.25) is 4.79 Å². The molecule has 1 N–H and O–H groups in total. The lowest BCUT2D eigenvalue weighted by molar-refractivity contribution is 0.0524. The standard InChI is InChI=1S/C20H22N2O2/c1-4-14-22-19(23)17-8-6-7-9-18(17)21-20(22,5-2)15-10-12-16(24-3)13-11-15/h4,6-13,21H,1,5,14H2,2-3H3. The Bertz CT molecular complexity index is 754. The summed E-state index contributed by atoms with van der Waals surface area (Å²) in [5.41, 5.74) is 1.97. The van der Waals surface area contributed by atoms with E-state index >= 15 is 0 Å². The highest BCUT2D eigenvalue weighted by Crippen LogP contribution is 2.40. The molecule has 0 fully saturated rings. The van der Waals surface area contributed by atoms with E-state index in [9.17, 15) is 4.79 Å². The Hall–Kier alpha value is -2.75. The van der Waals surface area contributed by atoms with Crippen molar-refractivity contribution in [3.8, 4) is 5.75 Å². The number of carbonyl (C=O) groups is 1. The predicted octanol–water partition coefficient (Wildman–Crippen LogP) is 4.01.